The maximum Gasteiger partial charge on any atom is 0.353 e. The van der Waals surface area contributed by atoms with E-state index in [9.17, 15) is 4.79 Å². The Morgan fingerprint density at radius 1 is 1.35 bits per heavy atom. The molecular weight excluding hydrogens is 212 g/mol. The summed E-state index contributed by atoms with van der Waals surface area (Å²) in [5, 5.41) is 2.79. The minimum Gasteiger partial charge on any atom is -0.346 e. The molecule has 86 valence electrons. The summed E-state index contributed by atoms with van der Waals surface area (Å²) in [6.07, 6.45) is 1.73. The van der Waals surface area contributed by atoms with Crippen LogP contribution in [0.25, 0.3) is 10.4 Å². The highest BCUT2D eigenvalue weighted by molar-refractivity contribution is 6.15. The second-order valence-electron chi connectivity index (χ2n) is 4.43. The Bertz CT molecular complexity index is 511. The number of carbonyl (C=O) groups is 1. The molecule has 17 heavy (non-hydrogen) atoms. The molecule has 1 aromatic carbocycles. The monoisotopic (exact) mass is 226 g/mol. The summed E-state index contributed by atoms with van der Waals surface area (Å²) in [6.45, 7) is 11.0. The van der Waals surface area contributed by atoms with Gasteiger partial charge in [0.05, 0.1) is 5.57 Å². The lowest BCUT2D eigenvalue weighted by Crippen LogP contribution is -2.40. The van der Waals surface area contributed by atoms with Crippen LogP contribution in [0.2, 0.25) is 0 Å². The molecule has 0 saturated carbocycles. The first-order chi connectivity index (χ1) is 8.10. The molecule has 1 aliphatic rings. The number of rotatable bonds is 3. The number of benzene rings is 1. The maximum absolute atomic E-state index is 12.0. The Balaban J connectivity index is 2.19. The number of amides is 1. The fraction of sp³-hybridized carbons (Fsp3) is 0.286. The van der Waals surface area contributed by atoms with Crippen molar-refractivity contribution in [2.24, 2.45) is 0 Å². The molecule has 2 rings (SSSR count). The molecule has 1 aromatic rings. The van der Waals surface area contributed by atoms with Gasteiger partial charge < -0.3 is 5.32 Å². The van der Waals surface area contributed by atoms with E-state index in [0.29, 0.717) is 0 Å². The highest BCUT2D eigenvalue weighted by Crippen LogP contribution is 2.46. The first kappa shape index (κ1) is 11.4. The van der Waals surface area contributed by atoms with Gasteiger partial charge in [-0.1, -0.05) is 30.3 Å². The van der Waals surface area contributed by atoms with Crippen molar-refractivity contribution in [3.05, 3.63) is 53.4 Å². The summed E-state index contributed by atoms with van der Waals surface area (Å²) in [7, 11) is 0. The maximum atomic E-state index is 12.0. The van der Waals surface area contributed by atoms with Crippen LogP contribution in [0, 0.1) is 6.57 Å². The molecule has 1 atom stereocenters. The zero-order valence-electron chi connectivity index (χ0n) is 9.90. The molecule has 0 saturated heterocycles. The van der Waals surface area contributed by atoms with Gasteiger partial charge in [-0.05, 0) is 19.4 Å². The van der Waals surface area contributed by atoms with Crippen molar-refractivity contribution in [2.75, 3.05) is 0 Å². The lowest BCUT2D eigenvalue weighted by atomic mass is 10.0. The fourth-order valence-electron chi connectivity index (χ4n) is 1.80. The molecule has 0 radical (unpaired) electrons. The molecule has 0 bridgehead atoms. The number of nitrogens with zero attached hydrogens (tertiary/aromatic N) is 1. The number of hydrogen-bond acceptors (Lipinski definition) is 1. The normalized spacial score (nSPS) is 21.6. The number of carbonyl (C=O) groups excluding carboxylic acids is 1. The average Bonchev–Trinajstić information content (AvgIpc) is 3.05. The van der Waals surface area contributed by atoms with Crippen LogP contribution in [0.15, 0.2) is 36.4 Å². The van der Waals surface area contributed by atoms with E-state index in [-0.39, 0.29) is 11.9 Å². The average molecular weight is 226 g/mol. The fourth-order valence-corrected chi connectivity index (χ4v) is 1.80. The van der Waals surface area contributed by atoms with E-state index < -0.39 is 5.54 Å². The van der Waals surface area contributed by atoms with E-state index in [0.717, 1.165) is 11.1 Å². The predicted octanol–water partition coefficient (Wildman–Crippen LogP) is 2.27. The Morgan fingerprint density at radius 3 is 2.53 bits per heavy atom. The van der Waals surface area contributed by atoms with Gasteiger partial charge in [0.25, 0.3) is 0 Å². The summed E-state index contributed by atoms with van der Waals surface area (Å²) in [4.78, 5) is 15.5. The zero-order valence-corrected chi connectivity index (χ0v) is 9.90. The third-order valence-electron chi connectivity index (χ3n) is 2.71. The Labute approximate surface area is 101 Å². The molecule has 1 aliphatic carbocycles. The van der Waals surface area contributed by atoms with Gasteiger partial charge in [0.1, 0.15) is 0 Å². The molecule has 1 amide bonds. The topological polar surface area (TPSA) is 33.5 Å². The third-order valence-corrected chi connectivity index (χ3v) is 2.71. The van der Waals surface area contributed by atoms with Crippen LogP contribution < -0.4 is 5.32 Å². The minimum absolute atomic E-state index is 0.0483. The van der Waals surface area contributed by atoms with Gasteiger partial charge in [-0.25, -0.2) is 6.57 Å². The van der Waals surface area contributed by atoms with Crippen molar-refractivity contribution in [3.8, 4) is 0 Å². The van der Waals surface area contributed by atoms with E-state index in [4.69, 9.17) is 6.57 Å². The van der Waals surface area contributed by atoms with Crippen molar-refractivity contribution < 1.29 is 4.79 Å². The van der Waals surface area contributed by atoms with Crippen molar-refractivity contribution in [1.82, 2.24) is 5.32 Å². The lowest BCUT2D eigenvalue weighted by Gasteiger charge is -2.10. The summed E-state index contributed by atoms with van der Waals surface area (Å²) in [5.74, 6) is -0.221. The van der Waals surface area contributed by atoms with Crippen molar-refractivity contribution in [2.45, 2.75) is 25.4 Å². The molecule has 3 nitrogen and oxygen atoms in total. The highest BCUT2D eigenvalue weighted by Gasteiger charge is 2.59. The second-order valence-corrected chi connectivity index (χ2v) is 4.43. The SMILES string of the molecule is [C-]#[N+][C@@]1(C(=O)NC(C)C)C=C1c1ccccc1. The standard InChI is InChI=1S/C14H14N2O/c1-10(2)16-13(17)14(15-3)9-12(14)11-7-5-4-6-8-11/h4-10H,1-2H3,(H,16,17)/t14-/m0/s1. The third kappa shape index (κ3) is 1.94. The molecular formula is C14H14N2O. The smallest absolute Gasteiger partial charge is 0.346 e. The molecule has 0 aliphatic heterocycles. The van der Waals surface area contributed by atoms with Crippen LogP contribution in [0.3, 0.4) is 0 Å². The predicted molar refractivity (Wildman–Crippen MR) is 67.0 cm³/mol. The number of hydrogen-bond donors (Lipinski definition) is 1. The molecule has 0 spiro atoms. The largest absolute Gasteiger partial charge is 0.353 e. The first-order valence-electron chi connectivity index (χ1n) is 5.58. The van der Waals surface area contributed by atoms with E-state index in [2.05, 4.69) is 10.2 Å². The van der Waals surface area contributed by atoms with Crippen LogP contribution in [0.5, 0.6) is 0 Å². The van der Waals surface area contributed by atoms with Crippen LogP contribution in [-0.4, -0.2) is 17.5 Å². The zero-order chi connectivity index (χ0) is 12.5. The summed E-state index contributed by atoms with van der Waals surface area (Å²) in [5.41, 5.74) is 0.694. The van der Waals surface area contributed by atoms with Crippen LogP contribution >= 0.6 is 0 Å². The molecule has 0 fully saturated rings. The summed E-state index contributed by atoms with van der Waals surface area (Å²) < 4.78 is 0. The van der Waals surface area contributed by atoms with Gasteiger partial charge in [-0.15, -0.1) is 0 Å². The van der Waals surface area contributed by atoms with E-state index in [1.54, 1.807) is 6.08 Å². The molecule has 3 heteroatoms. The highest BCUT2D eigenvalue weighted by atomic mass is 16.2. The van der Waals surface area contributed by atoms with Crippen molar-refractivity contribution in [3.63, 3.8) is 0 Å². The minimum atomic E-state index is -1.06. The molecule has 0 heterocycles. The van der Waals surface area contributed by atoms with Gasteiger partial charge in [-0.2, -0.15) is 0 Å². The molecule has 0 aromatic heterocycles. The Morgan fingerprint density at radius 2 is 2.00 bits per heavy atom. The van der Waals surface area contributed by atoms with Gasteiger partial charge in [0.15, 0.2) is 0 Å². The van der Waals surface area contributed by atoms with Crippen LogP contribution in [0.1, 0.15) is 19.4 Å². The Hall–Kier alpha value is -2.08. The summed E-state index contributed by atoms with van der Waals surface area (Å²) >= 11 is 0. The summed E-state index contributed by atoms with van der Waals surface area (Å²) in [6, 6.07) is 9.61. The van der Waals surface area contributed by atoms with Gasteiger partial charge >= 0.3 is 11.4 Å². The van der Waals surface area contributed by atoms with E-state index in [1.807, 2.05) is 44.2 Å². The van der Waals surface area contributed by atoms with E-state index >= 15 is 0 Å². The van der Waals surface area contributed by atoms with Crippen LogP contribution in [-0.2, 0) is 4.79 Å². The Kier molecular flexibility index (Phi) is 2.72. The lowest BCUT2D eigenvalue weighted by molar-refractivity contribution is -0.122. The second kappa shape index (κ2) is 4.06. The van der Waals surface area contributed by atoms with Gasteiger partial charge in [0.2, 0.25) is 0 Å². The van der Waals surface area contributed by atoms with Gasteiger partial charge in [-0.3, -0.25) is 9.64 Å². The van der Waals surface area contributed by atoms with E-state index in [1.165, 1.54) is 0 Å². The molecule has 0 unspecified atom stereocenters. The molecule has 1 N–H and O–H groups in total. The number of nitrogens with one attached hydrogen (secondary N) is 1. The van der Waals surface area contributed by atoms with Crippen molar-refractivity contribution in [1.29, 1.82) is 0 Å². The quantitative estimate of drug-likeness (QED) is 0.788. The van der Waals surface area contributed by atoms with Crippen LogP contribution in [0.4, 0.5) is 0 Å². The van der Waals surface area contributed by atoms with Gasteiger partial charge in [0, 0.05) is 12.1 Å². The first-order valence-corrected chi connectivity index (χ1v) is 5.58. The van der Waals surface area contributed by atoms with Crippen molar-refractivity contribution >= 4 is 11.5 Å².